The maximum atomic E-state index is 12.4. The molecule has 30 heavy (non-hydrogen) atoms. The summed E-state index contributed by atoms with van der Waals surface area (Å²) in [5.41, 5.74) is 2.88. The number of nitriles is 1. The molecule has 0 aliphatic rings. The number of thiophene rings is 1. The quantitative estimate of drug-likeness (QED) is 0.290. The maximum Gasteiger partial charge on any atom is 0.349 e. The lowest BCUT2D eigenvalue weighted by Crippen LogP contribution is -2.07. The molecular weight excluding hydrogens is 400 g/mol. The van der Waals surface area contributed by atoms with Gasteiger partial charge in [0.2, 0.25) is 5.82 Å². The van der Waals surface area contributed by atoms with Crippen LogP contribution in [0.25, 0.3) is 16.8 Å². The van der Waals surface area contributed by atoms with Crippen LogP contribution in [-0.2, 0) is 22.7 Å². The van der Waals surface area contributed by atoms with Gasteiger partial charge in [0.05, 0.1) is 4.88 Å². The highest BCUT2D eigenvalue weighted by molar-refractivity contribution is 7.13. The van der Waals surface area contributed by atoms with Crippen molar-refractivity contribution in [3.05, 3.63) is 52.0 Å². The standard InChI is InChI=1S/C22H24N4O3S/c1-14(2)7-8-26-15(3)10-17(16(26)4)11-18(12-23)22(27)28-13-20-24-21(25-29-20)19-6-5-9-30-19/h5-6,9-11,14H,7-8,13H2,1-4H3/b18-11+. The minimum Gasteiger partial charge on any atom is -0.451 e. The van der Waals surface area contributed by atoms with E-state index in [2.05, 4.69) is 28.6 Å². The summed E-state index contributed by atoms with van der Waals surface area (Å²) in [6, 6.07) is 7.67. The van der Waals surface area contributed by atoms with E-state index in [4.69, 9.17) is 9.26 Å². The molecule has 0 fully saturated rings. The number of aryl methyl sites for hydroxylation is 1. The maximum absolute atomic E-state index is 12.4. The third kappa shape index (κ3) is 5.05. The normalized spacial score (nSPS) is 11.7. The Labute approximate surface area is 179 Å². The lowest BCUT2D eigenvalue weighted by atomic mass is 10.1. The van der Waals surface area contributed by atoms with Crippen molar-refractivity contribution in [3.8, 4) is 16.8 Å². The van der Waals surface area contributed by atoms with Crippen LogP contribution in [0.15, 0.2) is 33.7 Å². The van der Waals surface area contributed by atoms with Gasteiger partial charge in [-0.1, -0.05) is 25.1 Å². The Hall–Kier alpha value is -3.18. The molecule has 3 aromatic heterocycles. The molecule has 0 spiro atoms. The Morgan fingerprint density at radius 3 is 2.90 bits per heavy atom. The minimum absolute atomic E-state index is 0.0721. The van der Waals surface area contributed by atoms with E-state index in [-0.39, 0.29) is 18.1 Å². The predicted octanol–water partition coefficient (Wildman–Crippen LogP) is 4.91. The van der Waals surface area contributed by atoms with Crippen LogP contribution in [-0.4, -0.2) is 20.7 Å². The molecule has 3 aromatic rings. The van der Waals surface area contributed by atoms with Gasteiger partial charge in [-0.15, -0.1) is 11.3 Å². The fraction of sp³-hybridized carbons (Fsp3) is 0.364. The summed E-state index contributed by atoms with van der Waals surface area (Å²) in [6.45, 7) is 9.10. The molecule has 3 heterocycles. The number of hydrogen-bond acceptors (Lipinski definition) is 7. The Kier molecular flexibility index (Phi) is 6.85. The van der Waals surface area contributed by atoms with Gasteiger partial charge in [-0.3, -0.25) is 0 Å². The largest absolute Gasteiger partial charge is 0.451 e. The van der Waals surface area contributed by atoms with Gasteiger partial charge in [0.15, 0.2) is 6.61 Å². The second kappa shape index (κ2) is 9.55. The zero-order valence-corrected chi connectivity index (χ0v) is 18.3. The summed E-state index contributed by atoms with van der Waals surface area (Å²) in [7, 11) is 0. The second-order valence-electron chi connectivity index (χ2n) is 7.40. The van der Waals surface area contributed by atoms with E-state index >= 15 is 0 Å². The SMILES string of the molecule is Cc1cc(/C=C(\C#N)C(=O)OCc2nc(-c3cccs3)no2)c(C)n1CCC(C)C. The average Bonchev–Trinajstić information content (AvgIpc) is 3.44. The van der Waals surface area contributed by atoms with Crippen LogP contribution in [0.5, 0.6) is 0 Å². The number of aromatic nitrogens is 3. The van der Waals surface area contributed by atoms with Gasteiger partial charge < -0.3 is 13.8 Å². The summed E-state index contributed by atoms with van der Waals surface area (Å²) < 4.78 is 12.5. The van der Waals surface area contributed by atoms with Crippen LogP contribution < -0.4 is 0 Å². The van der Waals surface area contributed by atoms with Crippen LogP contribution in [0.4, 0.5) is 0 Å². The number of nitrogens with zero attached hydrogens (tertiary/aromatic N) is 4. The molecule has 3 rings (SSSR count). The number of carbonyl (C=O) groups is 1. The molecule has 0 aliphatic carbocycles. The number of ether oxygens (including phenoxy) is 1. The van der Waals surface area contributed by atoms with Gasteiger partial charge in [-0.05, 0) is 55.3 Å². The Morgan fingerprint density at radius 2 is 2.23 bits per heavy atom. The molecule has 0 N–H and O–H groups in total. The summed E-state index contributed by atoms with van der Waals surface area (Å²) in [6.07, 6.45) is 2.63. The van der Waals surface area contributed by atoms with Gasteiger partial charge in [0.25, 0.3) is 5.89 Å². The Balaban J connectivity index is 1.68. The Bertz CT molecular complexity index is 1080. The number of rotatable bonds is 8. The topological polar surface area (TPSA) is 93.9 Å². The molecule has 0 saturated heterocycles. The molecule has 0 radical (unpaired) electrons. The van der Waals surface area contributed by atoms with E-state index in [0.717, 1.165) is 34.8 Å². The van der Waals surface area contributed by atoms with Crippen molar-refractivity contribution in [2.24, 2.45) is 5.92 Å². The average molecular weight is 425 g/mol. The monoisotopic (exact) mass is 424 g/mol. The first-order valence-electron chi connectivity index (χ1n) is 9.71. The summed E-state index contributed by atoms with van der Waals surface area (Å²) >= 11 is 1.49. The van der Waals surface area contributed by atoms with Crippen molar-refractivity contribution in [3.63, 3.8) is 0 Å². The van der Waals surface area contributed by atoms with Gasteiger partial charge in [0.1, 0.15) is 11.6 Å². The lowest BCUT2D eigenvalue weighted by Gasteiger charge is -2.11. The van der Waals surface area contributed by atoms with Crippen molar-refractivity contribution in [2.75, 3.05) is 0 Å². The van der Waals surface area contributed by atoms with Crippen molar-refractivity contribution in [1.82, 2.24) is 14.7 Å². The third-order valence-electron chi connectivity index (χ3n) is 4.72. The number of carbonyl (C=O) groups excluding carboxylic acids is 1. The Morgan fingerprint density at radius 1 is 1.43 bits per heavy atom. The third-order valence-corrected chi connectivity index (χ3v) is 5.59. The highest BCUT2D eigenvalue weighted by Crippen LogP contribution is 2.22. The lowest BCUT2D eigenvalue weighted by molar-refractivity contribution is -0.140. The summed E-state index contributed by atoms with van der Waals surface area (Å²) in [4.78, 5) is 17.5. The van der Waals surface area contributed by atoms with Crippen molar-refractivity contribution in [1.29, 1.82) is 5.26 Å². The van der Waals surface area contributed by atoms with Gasteiger partial charge in [0, 0.05) is 17.9 Å². The summed E-state index contributed by atoms with van der Waals surface area (Å²) in [5.74, 6) is 0.497. The molecule has 8 heteroatoms. The highest BCUT2D eigenvalue weighted by Gasteiger charge is 2.16. The first kappa shape index (κ1) is 21.5. The smallest absolute Gasteiger partial charge is 0.349 e. The van der Waals surface area contributed by atoms with Gasteiger partial charge in [-0.2, -0.15) is 10.2 Å². The molecule has 0 saturated carbocycles. The van der Waals surface area contributed by atoms with Crippen LogP contribution in [0, 0.1) is 31.1 Å². The number of esters is 1. The van der Waals surface area contributed by atoms with E-state index in [0.29, 0.717) is 11.7 Å². The van der Waals surface area contributed by atoms with Crippen LogP contribution >= 0.6 is 11.3 Å². The van der Waals surface area contributed by atoms with Crippen LogP contribution in [0.3, 0.4) is 0 Å². The molecule has 0 aliphatic heterocycles. The van der Waals surface area contributed by atoms with Gasteiger partial charge >= 0.3 is 5.97 Å². The van der Waals surface area contributed by atoms with Gasteiger partial charge in [-0.25, -0.2) is 4.79 Å². The minimum atomic E-state index is -0.722. The molecule has 0 unspecified atom stereocenters. The zero-order valence-electron chi connectivity index (χ0n) is 17.5. The molecule has 0 atom stereocenters. The van der Waals surface area contributed by atoms with Crippen molar-refractivity contribution >= 4 is 23.4 Å². The van der Waals surface area contributed by atoms with E-state index < -0.39 is 5.97 Å². The number of hydrogen-bond donors (Lipinski definition) is 0. The zero-order chi connectivity index (χ0) is 21.7. The van der Waals surface area contributed by atoms with E-state index in [9.17, 15) is 10.1 Å². The first-order valence-corrected chi connectivity index (χ1v) is 10.6. The van der Waals surface area contributed by atoms with Crippen LogP contribution in [0.1, 0.15) is 43.1 Å². The van der Waals surface area contributed by atoms with E-state index in [1.165, 1.54) is 11.3 Å². The van der Waals surface area contributed by atoms with Crippen molar-refractivity contribution in [2.45, 2.75) is 47.3 Å². The molecule has 0 bridgehead atoms. The van der Waals surface area contributed by atoms with E-state index in [1.54, 1.807) is 6.08 Å². The fourth-order valence-corrected chi connectivity index (χ4v) is 3.67. The second-order valence-corrected chi connectivity index (χ2v) is 8.34. The summed E-state index contributed by atoms with van der Waals surface area (Å²) in [5, 5.41) is 15.2. The first-order chi connectivity index (χ1) is 14.4. The van der Waals surface area contributed by atoms with Crippen molar-refractivity contribution < 1.29 is 14.1 Å². The molecule has 156 valence electrons. The van der Waals surface area contributed by atoms with Crippen LogP contribution in [0.2, 0.25) is 0 Å². The fourth-order valence-electron chi connectivity index (χ4n) is 3.02. The molecule has 7 nitrogen and oxygen atoms in total. The molecular formula is C22H24N4O3S. The predicted molar refractivity (Wildman–Crippen MR) is 114 cm³/mol. The molecule has 0 amide bonds. The van der Waals surface area contributed by atoms with E-state index in [1.807, 2.05) is 43.5 Å². The molecule has 0 aromatic carbocycles. The highest BCUT2D eigenvalue weighted by atomic mass is 32.1.